The number of amides is 1. The molecule has 0 fully saturated rings. The molecule has 0 saturated heterocycles. The molecule has 1 atom stereocenters. The summed E-state index contributed by atoms with van der Waals surface area (Å²) in [5, 5.41) is 4.04. The molecule has 2 rings (SSSR count). The summed E-state index contributed by atoms with van der Waals surface area (Å²) in [6.07, 6.45) is 2.94. The molecule has 1 N–H and O–H groups in total. The van der Waals surface area contributed by atoms with Crippen molar-refractivity contribution in [3.8, 4) is 0 Å². The van der Waals surface area contributed by atoms with E-state index in [0.29, 0.717) is 6.42 Å². The van der Waals surface area contributed by atoms with Gasteiger partial charge >= 0.3 is 0 Å². The van der Waals surface area contributed by atoms with Gasteiger partial charge in [0.2, 0.25) is 5.91 Å². The van der Waals surface area contributed by atoms with Gasteiger partial charge in [-0.3, -0.25) is 4.79 Å². The summed E-state index contributed by atoms with van der Waals surface area (Å²) in [6.45, 7) is 2.05. The Bertz CT molecular complexity index is 579. The fourth-order valence-corrected chi connectivity index (χ4v) is 2.02. The summed E-state index contributed by atoms with van der Waals surface area (Å²) in [7, 11) is 0. The minimum absolute atomic E-state index is 0.0598. The number of nitrogens with zero attached hydrogens (tertiary/aromatic N) is 1. The Labute approximate surface area is 125 Å². The number of rotatable bonds is 6. The number of hydrazone groups is 1. The van der Waals surface area contributed by atoms with Crippen LogP contribution in [0.4, 0.5) is 0 Å². The fourth-order valence-electron chi connectivity index (χ4n) is 2.02. The van der Waals surface area contributed by atoms with Crippen LogP contribution in [-0.2, 0) is 11.2 Å². The molecule has 0 saturated carbocycles. The Morgan fingerprint density at radius 2 is 1.71 bits per heavy atom. The second kappa shape index (κ2) is 8.00. The van der Waals surface area contributed by atoms with Gasteiger partial charge in [0.15, 0.2) is 0 Å². The van der Waals surface area contributed by atoms with E-state index in [-0.39, 0.29) is 11.8 Å². The number of aryl methyl sites for hydroxylation is 1. The molecular formula is C18H20N2O. The highest BCUT2D eigenvalue weighted by molar-refractivity contribution is 5.77. The Hall–Kier alpha value is -2.42. The first-order valence-electron chi connectivity index (χ1n) is 7.16. The highest BCUT2D eigenvalue weighted by Gasteiger charge is 2.02. The summed E-state index contributed by atoms with van der Waals surface area (Å²) in [5.41, 5.74) is 4.93. The molecule has 1 amide bonds. The monoisotopic (exact) mass is 280 g/mol. The standard InChI is InChI=1S/C18H20N2O/c1-15(17-10-6-3-7-11-17)14-19-20-18(21)13-12-16-8-4-2-5-9-16/h2-11,14-15H,12-13H2,1H3,(H,20,21)/b19-14+. The van der Waals surface area contributed by atoms with Gasteiger partial charge in [-0.2, -0.15) is 5.10 Å². The lowest BCUT2D eigenvalue weighted by molar-refractivity contribution is -0.121. The second-order valence-corrected chi connectivity index (χ2v) is 5.00. The fraction of sp³-hybridized carbons (Fsp3) is 0.222. The first-order chi connectivity index (χ1) is 10.3. The van der Waals surface area contributed by atoms with Crippen molar-refractivity contribution >= 4 is 12.1 Å². The molecule has 0 radical (unpaired) electrons. The first-order valence-corrected chi connectivity index (χ1v) is 7.16. The summed E-state index contributed by atoms with van der Waals surface area (Å²) in [5.74, 6) is 0.121. The lowest BCUT2D eigenvalue weighted by Crippen LogP contribution is -2.18. The van der Waals surface area contributed by atoms with Crippen LogP contribution >= 0.6 is 0 Å². The molecule has 2 aromatic carbocycles. The van der Waals surface area contributed by atoms with E-state index in [2.05, 4.69) is 17.5 Å². The zero-order valence-corrected chi connectivity index (χ0v) is 12.2. The molecule has 108 valence electrons. The molecule has 0 spiro atoms. The molecule has 0 heterocycles. The molecule has 0 aliphatic carbocycles. The Kier molecular flexibility index (Phi) is 5.71. The summed E-state index contributed by atoms with van der Waals surface area (Å²) in [6, 6.07) is 20.1. The van der Waals surface area contributed by atoms with Crippen molar-refractivity contribution in [1.82, 2.24) is 5.43 Å². The highest BCUT2D eigenvalue weighted by atomic mass is 16.2. The predicted octanol–water partition coefficient (Wildman–Crippen LogP) is 3.52. The SMILES string of the molecule is CC(/C=N/NC(=O)CCc1ccccc1)c1ccccc1. The summed E-state index contributed by atoms with van der Waals surface area (Å²) < 4.78 is 0. The van der Waals surface area contributed by atoms with Crippen LogP contribution in [0, 0.1) is 0 Å². The zero-order valence-electron chi connectivity index (χ0n) is 12.2. The van der Waals surface area contributed by atoms with Gasteiger partial charge in [0.25, 0.3) is 0 Å². The maximum Gasteiger partial charge on any atom is 0.240 e. The van der Waals surface area contributed by atoms with E-state index in [0.717, 1.165) is 12.0 Å². The average Bonchev–Trinajstić information content (AvgIpc) is 2.54. The molecule has 0 bridgehead atoms. The molecule has 0 aliphatic heterocycles. The van der Waals surface area contributed by atoms with Crippen molar-refractivity contribution in [3.05, 3.63) is 71.8 Å². The predicted molar refractivity (Wildman–Crippen MR) is 86.3 cm³/mol. The van der Waals surface area contributed by atoms with Crippen LogP contribution < -0.4 is 5.43 Å². The normalized spacial score (nSPS) is 12.2. The van der Waals surface area contributed by atoms with Gasteiger partial charge in [-0.25, -0.2) is 5.43 Å². The van der Waals surface area contributed by atoms with E-state index >= 15 is 0 Å². The van der Waals surface area contributed by atoms with Gasteiger partial charge in [0, 0.05) is 18.6 Å². The third-order valence-corrected chi connectivity index (χ3v) is 3.30. The van der Waals surface area contributed by atoms with E-state index in [4.69, 9.17) is 0 Å². The zero-order chi connectivity index (χ0) is 14.9. The van der Waals surface area contributed by atoms with Gasteiger partial charge in [0.1, 0.15) is 0 Å². The second-order valence-electron chi connectivity index (χ2n) is 5.00. The van der Waals surface area contributed by atoms with E-state index in [9.17, 15) is 4.79 Å². The van der Waals surface area contributed by atoms with Crippen molar-refractivity contribution in [2.75, 3.05) is 0 Å². The maximum atomic E-state index is 11.7. The molecule has 2 aromatic rings. The maximum absolute atomic E-state index is 11.7. The molecule has 21 heavy (non-hydrogen) atoms. The summed E-state index contributed by atoms with van der Waals surface area (Å²) in [4.78, 5) is 11.7. The minimum Gasteiger partial charge on any atom is -0.273 e. The van der Waals surface area contributed by atoms with Crippen LogP contribution in [-0.4, -0.2) is 12.1 Å². The molecule has 0 aliphatic rings. The lowest BCUT2D eigenvalue weighted by atomic mass is 10.0. The van der Waals surface area contributed by atoms with E-state index < -0.39 is 0 Å². The number of carbonyl (C=O) groups is 1. The third kappa shape index (κ3) is 5.22. The molecule has 0 aromatic heterocycles. The summed E-state index contributed by atoms with van der Waals surface area (Å²) >= 11 is 0. The number of benzene rings is 2. The van der Waals surface area contributed by atoms with Gasteiger partial charge in [-0.05, 0) is 17.5 Å². The lowest BCUT2D eigenvalue weighted by Gasteiger charge is -2.05. The van der Waals surface area contributed by atoms with Crippen LogP contribution in [0.1, 0.15) is 30.4 Å². The topological polar surface area (TPSA) is 41.5 Å². The van der Waals surface area contributed by atoms with E-state index in [1.807, 2.05) is 60.7 Å². The quantitative estimate of drug-likeness (QED) is 0.638. The van der Waals surface area contributed by atoms with Crippen LogP contribution in [0.3, 0.4) is 0 Å². The van der Waals surface area contributed by atoms with Crippen LogP contribution in [0.2, 0.25) is 0 Å². The van der Waals surface area contributed by atoms with Crippen LogP contribution in [0.25, 0.3) is 0 Å². The first kappa shape index (κ1) is 15.0. The van der Waals surface area contributed by atoms with Crippen LogP contribution in [0.15, 0.2) is 65.8 Å². The van der Waals surface area contributed by atoms with Gasteiger partial charge in [0.05, 0.1) is 0 Å². The van der Waals surface area contributed by atoms with E-state index in [1.54, 1.807) is 6.21 Å². The number of carbonyl (C=O) groups excluding carboxylic acids is 1. The minimum atomic E-state index is -0.0598. The van der Waals surface area contributed by atoms with Crippen molar-refractivity contribution in [3.63, 3.8) is 0 Å². The molecule has 3 nitrogen and oxygen atoms in total. The van der Waals surface area contributed by atoms with Crippen LogP contribution in [0.5, 0.6) is 0 Å². The number of nitrogens with one attached hydrogen (secondary N) is 1. The van der Waals surface area contributed by atoms with Gasteiger partial charge in [-0.15, -0.1) is 0 Å². The molecule has 1 unspecified atom stereocenters. The Morgan fingerprint density at radius 3 is 2.38 bits per heavy atom. The van der Waals surface area contributed by atoms with Crippen molar-refractivity contribution in [2.45, 2.75) is 25.7 Å². The van der Waals surface area contributed by atoms with E-state index in [1.165, 1.54) is 5.56 Å². The molecule has 3 heteroatoms. The highest BCUT2D eigenvalue weighted by Crippen LogP contribution is 2.11. The third-order valence-electron chi connectivity index (χ3n) is 3.30. The molecular weight excluding hydrogens is 260 g/mol. The van der Waals surface area contributed by atoms with Gasteiger partial charge in [-0.1, -0.05) is 67.6 Å². The van der Waals surface area contributed by atoms with Gasteiger partial charge < -0.3 is 0 Å². The van der Waals surface area contributed by atoms with Crippen molar-refractivity contribution < 1.29 is 4.79 Å². The number of hydrogen-bond acceptors (Lipinski definition) is 2. The Morgan fingerprint density at radius 1 is 1.10 bits per heavy atom. The Balaban J connectivity index is 1.75. The smallest absolute Gasteiger partial charge is 0.240 e. The largest absolute Gasteiger partial charge is 0.273 e. The average molecular weight is 280 g/mol. The van der Waals surface area contributed by atoms with Crippen molar-refractivity contribution in [2.24, 2.45) is 5.10 Å². The van der Waals surface area contributed by atoms with Crippen molar-refractivity contribution in [1.29, 1.82) is 0 Å². The number of hydrogen-bond donors (Lipinski definition) is 1.